The third kappa shape index (κ3) is 5.25. The highest BCUT2D eigenvalue weighted by Crippen LogP contribution is 2.48. The molecule has 2 N–H and O–H groups in total. The summed E-state index contributed by atoms with van der Waals surface area (Å²) in [6.45, 7) is 17.5. The van der Waals surface area contributed by atoms with E-state index in [1.807, 2.05) is 6.07 Å². The van der Waals surface area contributed by atoms with Crippen LogP contribution < -0.4 is 5.32 Å². The number of ether oxygens (including phenoxy) is 1. The lowest BCUT2D eigenvalue weighted by atomic mass is 10.1. The SMILES string of the molecule is CC(C)[Si]1(C(C)C)OC[C@H]2O[C@@H](n3cnc4c(NC(=O)c5ccccc5)ncnc43)[C@H](O)C2O[Si](C(C)C)(C(C)C)O1. The van der Waals surface area contributed by atoms with E-state index >= 15 is 0 Å². The molecule has 1 aromatic carbocycles. The summed E-state index contributed by atoms with van der Waals surface area (Å²) in [5, 5.41) is 14.6. The molecule has 2 aromatic heterocycles. The molecule has 4 heterocycles. The van der Waals surface area contributed by atoms with Crippen molar-refractivity contribution in [1.29, 1.82) is 0 Å². The van der Waals surface area contributed by atoms with E-state index in [0.29, 0.717) is 16.7 Å². The van der Waals surface area contributed by atoms with E-state index in [4.69, 9.17) is 17.7 Å². The zero-order valence-electron chi connectivity index (χ0n) is 25.6. The average Bonchev–Trinajstić information content (AvgIpc) is 3.49. The molecule has 5 rings (SSSR count). The maximum Gasteiger partial charge on any atom is 0.335 e. The number of aliphatic hydroxyl groups excluding tert-OH is 1. The number of hydrogen-bond acceptors (Lipinski definition) is 9. The molecular formula is C29H43N5O6Si2. The van der Waals surface area contributed by atoms with Gasteiger partial charge in [0.1, 0.15) is 24.6 Å². The minimum Gasteiger partial charge on any atom is -0.414 e. The van der Waals surface area contributed by atoms with Crippen molar-refractivity contribution in [2.24, 2.45) is 0 Å². The Morgan fingerprint density at radius 3 is 2.21 bits per heavy atom. The van der Waals surface area contributed by atoms with Gasteiger partial charge >= 0.3 is 17.1 Å². The predicted octanol–water partition coefficient (Wildman–Crippen LogP) is 5.29. The van der Waals surface area contributed by atoms with Crippen molar-refractivity contribution in [3.63, 3.8) is 0 Å². The van der Waals surface area contributed by atoms with E-state index in [9.17, 15) is 9.90 Å². The fourth-order valence-corrected chi connectivity index (χ4v) is 17.5. The number of carbonyl (C=O) groups excluding carboxylic acids is 1. The molecule has 0 bridgehead atoms. The van der Waals surface area contributed by atoms with Crippen molar-refractivity contribution >= 4 is 40.0 Å². The normalized spacial score (nSPS) is 25.6. The molecule has 4 atom stereocenters. The van der Waals surface area contributed by atoms with Gasteiger partial charge in [-0.3, -0.25) is 9.36 Å². The number of amides is 1. The van der Waals surface area contributed by atoms with Crippen LogP contribution in [0, 0.1) is 0 Å². The van der Waals surface area contributed by atoms with E-state index in [2.05, 4.69) is 75.7 Å². The van der Waals surface area contributed by atoms with Crippen molar-refractivity contribution in [2.75, 3.05) is 11.9 Å². The second-order valence-corrected chi connectivity index (χ2v) is 21.3. The predicted molar refractivity (Wildman–Crippen MR) is 163 cm³/mol. The molecule has 42 heavy (non-hydrogen) atoms. The first-order valence-electron chi connectivity index (χ1n) is 14.8. The van der Waals surface area contributed by atoms with E-state index in [1.165, 1.54) is 6.33 Å². The van der Waals surface area contributed by atoms with E-state index in [-0.39, 0.29) is 40.5 Å². The lowest BCUT2D eigenvalue weighted by Gasteiger charge is -2.51. The number of anilines is 1. The first-order chi connectivity index (χ1) is 19.9. The van der Waals surface area contributed by atoms with Crippen LogP contribution >= 0.6 is 0 Å². The zero-order chi connectivity index (χ0) is 30.4. The van der Waals surface area contributed by atoms with Gasteiger partial charge in [0.05, 0.1) is 12.9 Å². The Morgan fingerprint density at radius 2 is 1.60 bits per heavy atom. The molecule has 11 nitrogen and oxygen atoms in total. The van der Waals surface area contributed by atoms with Crippen molar-refractivity contribution < 1.29 is 27.6 Å². The van der Waals surface area contributed by atoms with Crippen LogP contribution in [0.2, 0.25) is 22.2 Å². The second kappa shape index (κ2) is 11.9. The fraction of sp³-hybridized carbons (Fsp3) is 0.586. The Balaban J connectivity index is 1.49. The van der Waals surface area contributed by atoms with Crippen molar-refractivity contribution in [1.82, 2.24) is 19.5 Å². The topological polar surface area (TPSA) is 130 Å². The lowest BCUT2D eigenvalue weighted by Crippen LogP contribution is -2.65. The molecule has 2 saturated heterocycles. The molecule has 2 aliphatic rings. The number of aromatic nitrogens is 4. The van der Waals surface area contributed by atoms with Crippen LogP contribution in [0.3, 0.4) is 0 Å². The quantitative estimate of drug-likeness (QED) is 0.341. The smallest absolute Gasteiger partial charge is 0.335 e. The molecule has 1 amide bonds. The molecule has 0 saturated carbocycles. The lowest BCUT2D eigenvalue weighted by molar-refractivity contribution is -0.0570. The van der Waals surface area contributed by atoms with E-state index in [0.717, 1.165) is 0 Å². The van der Waals surface area contributed by atoms with Crippen molar-refractivity contribution in [2.45, 2.75) is 102 Å². The highest BCUT2D eigenvalue weighted by atomic mass is 28.5. The summed E-state index contributed by atoms with van der Waals surface area (Å²) in [5.41, 5.74) is 1.95. The van der Waals surface area contributed by atoms with E-state index < -0.39 is 41.7 Å². The minimum atomic E-state index is -2.94. The number of imidazole rings is 1. The van der Waals surface area contributed by atoms with Crippen LogP contribution in [0.25, 0.3) is 11.2 Å². The zero-order valence-corrected chi connectivity index (χ0v) is 27.6. The highest BCUT2D eigenvalue weighted by molar-refractivity contribution is 6.84. The van der Waals surface area contributed by atoms with Gasteiger partial charge in [-0.25, -0.2) is 15.0 Å². The van der Waals surface area contributed by atoms with Crippen LogP contribution in [0.4, 0.5) is 5.82 Å². The number of carbonyl (C=O) groups is 1. The Hall–Kier alpha value is -2.53. The van der Waals surface area contributed by atoms with Crippen LogP contribution in [0.1, 0.15) is 72.0 Å². The summed E-state index contributed by atoms with van der Waals surface area (Å²) in [6.07, 6.45) is -0.125. The van der Waals surface area contributed by atoms with Crippen LogP contribution in [0.15, 0.2) is 43.0 Å². The monoisotopic (exact) mass is 613 g/mol. The summed E-state index contributed by atoms with van der Waals surface area (Å²) in [6, 6.07) is 8.88. The number of nitrogens with one attached hydrogen (secondary N) is 1. The first kappa shape index (κ1) is 30.9. The Labute approximate surface area is 249 Å². The second-order valence-electron chi connectivity index (χ2n) is 12.5. The van der Waals surface area contributed by atoms with E-state index in [1.54, 1.807) is 35.2 Å². The summed E-state index contributed by atoms with van der Waals surface area (Å²) >= 11 is 0. The minimum absolute atomic E-state index is 0.119. The molecule has 0 spiro atoms. The number of aliphatic hydroxyl groups is 1. The molecule has 2 fully saturated rings. The van der Waals surface area contributed by atoms with Crippen molar-refractivity contribution in [3.8, 4) is 0 Å². The van der Waals surface area contributed by atoms with Crippen LogP contribution in [-0.2, 0) is 17.7 Å². The number of benzene rings is 1. The number of nitrogens with zero attached hydrogens (tertiary/aromatic N) is 4. The van der Waals surface area contributed by atoms with Gasteiger partial charge in [0.2, 0.25) is 0 Å². The summed E-state index contributed by atoms with van der Waals surface area (Å²) < 4.78 is 29.3. The standard InChI is InChI=1S/C29H43N5O6Si2/c1-17(2)41(18(3)4)37-14-22-25(39-42(40-41,19(5)6)20(7)8)24(35)29(38-22)34-16-32-23-26(30-15-31-27(23)34)33-28(36)21-12-10-9-11-13-21/h9-13,15-20,22,24-25,29,35H,14H2,1-8H3,(H,30,31,33,36)/t22-,24-,25?,29-/m1/s1. The Bertz CT molecular complexity index is 1390. The molecule has 3 aromatic rings. The molecule has 228 valence electrons. The fourth-order valence-electron chi connectivity index (χ4n) is 6.27. The summed E-state index contributed by atoms with van der Waals surface area (Å²) in [7, 11) is -5.69. The van der Waals surface area contributed by atoms with Gasteiger partial charge in [-0.1, -0.05) is 73.6 Å². The molecule has 0 radical (unpaired) electrons. The van der Waals surface area contributed by atoms with Gasteiger partial charge in [0.15, 0.2) is 23.2 Å². The van der Waals surface area contributed by atoms with Crippen LogP contribution in [-0.4, -0.2) is 72.6 Å². The molecule has 1 unspecified atom stereocenters. The molecular weight excluding hydrogens is 571 g/mol. The summed E-state index contributed by atoms with van der Waals surface area (Å²) in [4.78, 5) is 26.0. The van der Waals surface area contributed by atoms with Gasteiger partial charge in [-0.2, -0.15) is 0 Å². The van der Waals surface area contributed by atoms with Gasteiger partial charge < -0.3 is 28.1 Å². The molecule has 13 heteroatoms. The molecule has 2 aliphatic heterocycles. The largest absolute Gasteiger partial charge is 0.414 e. The number of hydrogen-bond donors (Lipinski definition) is 2. The van der Waals surface area contributed by atoms with Gasteiger partial charge in [-0.15, -0.1) is 0 Å². The van der Waals surface area contributed by atoms with Gasteiger partial charge in [-0.05, 0) is 34.3 Å². The highest BCUT2D eigenvalue weighted by Gasteiger charge is 2.61. The third-order valence-corrected chi connectivity index (χ3v) is 18.8. The molecule has 0 aliphatic carbocycles. The number of fused-ring (bicyclic) bond motifs is 2. The Morgan fingerprint density at radius 1 is 0.952 bits per heavy atom. The van der Waals surface area contributed by atoms with Crippen molar-refractivity contribution in [3.05, 3.63) is 48.5 Å². The maximum atomic E-state index is 12.8. The number of rotatable bonds is 7. The maximum absolute atomic E-state index is 12.8. The first-order valence-corrected chi connectivity index (χ1v) is 18.7. The van der Waals surface area contributed by atoms with Gasteiger partial charge in [0.25, 0.3) is 5.91 Å². The average molecular weight is 614 g/mol. The van der Waals surface area contributed by atoms with Gasteiger partial charge in [0, 0.05) is 5.56 Å². The van der Waals surface area contributed by atoms with Crippen LogP contribution in [0.5, 0.6) is 0 Å². The Kier molecular flexibility index (Phi) is 8.74. The third-order valence-electron chi connectivity index (χ3n) is 8.54. The summed E-state index contributed by atoms with van der Waals surface area (Å²) in [5.74, 6) is -0.0345.